The van der Waals surface area contributed by atoms with E-state index in [0.717, 1.165) is 5.56 Å². The number of nitro groups is 1. The summed E-state index contributed by atoms with van der Waals surface area (Å²) in [6, 6.07) is 9.88. The van der Waals surface area contributed by atoms with Crippen molar-refractivity contribution in [2.45, 2.75) is 12.8 Å². The summed E-state index contributed by atoms with van der Waals surface area (Å²) >= 11 is 0. The molecule has 0 radical (unpaired) electrons. The van der Waals surface area contributed by atoms with Crippen molar-refractivity contribution in [1.82, 2.24) is 15.1 Å². The first-order valence-electron chi connectivity index (χ1n) is 7.76. The molecule has 126 valence electrons. The van der Waals surface area contributed by atoms with Crippen LogP contribution in [0.25, 0.3) is 0 Å². The maximum absolute atomic E-state index is 12.7. The molecule has 3 rings (SSSR count). The van der Waals surface area contributed by atoms with E-state index in [9.17, 15) is 14.9 Å². The molecule has 8 nitrogen and oxygen atoms in total. The van der Waals surface area contributed by atoms with Crippen molar-refractivity contribution >= 4 is 11.6 Å². The Bertz CT molecular complexity index is 758. The second-order valence-electron chi connectivity index (χ2n) is 6.03. The van der Waals surface area contributed by atoms with Crippen LogP contribution >= 0.6 is 0 Å². The van der Waals surface area contributed by atoms with Crippen LogP contribution in [0.5, 0.6) is 0 Å². The molecule has 0 aliphatic carbocycles. The van der Waals surface area contributed by atoms with E-state index in [1.807, 2.05) is 30.3 Å². The molecule has 1 saturated heterocycles. The van der Waals surface area contributed by atoms with E-state index >= 15 is 0 Å². The number of aryl methyl sites for hydroxylation is 1. The van der Waals surface area contributed by atoms with E-state index in [2.05, 4.69) is 10.2 Å². The Kier molecular flexibility index (Phi) is 4.30. The number of hydrogen-bond donors (Lipinski definition) is 2. The minimum absolute atomic E-state index is 0.121. The average Bonchev–Trinajstić information content (AvgIpc) is 3.18. The van der Waals surface area contributed by atoms with Gasteiger partial charge in [0.1, 0.15) is 5.69 Å². The van der Waals surface area contributed by atoms with E-state index < -0.39 is 10.8 Å². The van der Waals surface area contributed by atoms with E-state index in [0.29, 0.717) is 19.6 Å². The third-order valence-electron chi connectivity index (χ3n) is 4.56. The topological polar surface area (TPSA) is 118 Å². The number of benzene rings is 1. The second-order valence-corrected chi connectivity index (χ2v) is 6.03. The number of H-pyrrole nitrogens is 1. The molecule has 1 amide bonds. The van der Waals surface area contributed by atoms with Gasteiger partial charge in [-0.05, 0) is 24.9 Å². The highest BCUT2D eigenvalue weighted by Crippen LogP contribution is 2.33. The average molecular weight is 329 g/mol. The molecule has 0 spiro atoms. The van der Waals surface area contributed by atoms with Crippen molar-refractivity contribution in [1.29, 1.82) is 0 Å². The van der Waals surface area contributed by atoms with E-state index in [1.54, 1.807) is 4.90 Å². The molecule has 1 aliphatic rings. The zero-order chi connectivity index (χ0) is 17.3. The van der Waals surface area contributed by atoms with Crippen LogP contribution in [0, 0.1) is 23.0 Å². The Morgan fingerprint density at radius 1 is 1.42 bits per heavy atom. The van der Waals surface area contributed by atoms with Gasteiger partial charge >= 0.3 is 5.69 Å². The number of aromatic amines is 1. The monoisotopic (exact) mass is 329 g/mol. The minimum Gasteiger partial charge on any atom is -0.336 e. The lowest BCUT2D eigenvalue weighted by Crippen LogP contribution is -2.30. The number of likely N-dealkylation sites (tertiary alicyclic amines) is 1. The fraction of sp³-hybridized carbons (Fsp3) is 0.375. The summed E-state index contributed by atoms with van der Waals surface area (Å²) < 4.78 is 0. The number of nitrogens with two attached hydrogens (primary N) is 1. The molecule has 24 heavy (non-hydrogen) atoms. The number of rotatable bonds is 4. The molecule has 0 saturated carbocycles. The SMILES string of the molecule is Cc1[nH]nc(C(=O)N2C[C@@H](CN)[C@H](c3ccccc3)C2)c1[N+](=O)[O-]. The van der Waals surface area contributed by atoms with Crippen molar-refractivity contribution in [2.24, 2.45) is 11.7 Å². The van der Waals surface area contributed by atoms with Crippen molar-refractivity contribution in [3.8, 4) is 0 Å². The number of nitrogens with zero attached hydrogens (tertiary/aromatic N) is 3. The Morgan fingerprint density at radius 2 is 2.12 bits per heavy atom. The van der Waals surface area contributed by atoms with Crippen LogP contribution < -0.4 is 5.73 Å². The van der Waals surface area contributed by atoms with Crippen LogP contribution in [-0.2, 0) is 0 Å². The summed E-state index contributed by atoms with van der Waals surface area (Å²) in [6.45, 7) is 2.93. The maximum Gasteiger partial charge on any atom is 0.322 e. The molecule has 1 aromatic heterocycles. The lowest BCUT2D eigenvalue weighted by atomic mass is 9.89. The van der Waals surface area contributed by atoms with E-state index in [1.165, 1.54) is 6.92 Å². The predicted molar refractivity (Wildman–Crippen MR) is 87.6 cm³/mol. The van der Waals surface area contributed by atoms with Crippen LogP contribution in [-0.4, -0.2) is 45.6 Å². The van der Waals surface area contributed by atoms with Gasteiger partial charge in [0, 0.05) is 19.0 Å². The van der Waals surface area contributed by atoms with Gasteiger partial charge in [0.15, 0.2) is 0 Å². The third-order valence-corrected chi connectivity index (χ3v) is 4.56. The lowest BCUT2D eigenvalue weighted by molar-refractivity contribution is -0.385. The summed E-state index contributed by atoms with van der Waals surface area (Å²) in [4.78, 5) is 24.9. The fourth-order valence-electron chi connectivity index (χ4n) is 3.30. The molecule has 8 heteroatoms. The predicted octanol–water partition coefficient (Wildman–Crippen LogP) is 1.44. The van der Waals surface area contributed by atoms with Crippen LogP contribution in [0.1, 0.15) is 27.7 Å². The zero-order valence-corrected chi connectivity index (χ0v) is 13.3. The summed E-state index contributed by atoms with van der Waals surface area (Å²) in [6.07, 6.45) is 0. The quantitative estimate of drug-likeness (QED) is 0.650. The molecular weight excluding hydrogens is 310 g/mol. The maximum atomic E-state index is 12.7. The van der Waals surface area contributed by atoms with Gasteiger partial charge in [-0.3, -0.25) is 20.0 Å². The van der Waals surface area contributed by atoms with Gasteiger partial charge in [-0.25, -0.2) is 0 Å². The number of amides is 1. The molecule has 0 bridgehead atoms. The van der Waals surface area contributed by atoms with Crippen molar-refractivity contribution < 1.29 is 9.72 Å². The molecule has 0 unspecified atom stereocenters. The minimum atomic E-state index is -0.572. The van der Waals surface area contributed by atoms with Crippen LogP contribution in [0.15, 0.2) is 30.3 Å². The molecule has 1 fully saturated rings. The summed E-state index contributed by atoms with van der Waals surface area (Å²) in [5.41, 5.74) is 6.88. The molecule has 1 aromatic carbocycles. The first kappa shape index (κ1) is 16.1. The number of carbonyl (C=O) groups excluding carboxylic acids is 1. The van der Waals surface area contributed by atoms with Crippen molar-refractivity contribution in [3.05, 3.63) is 57.4 Å². The molecule has 2 aromatic rings. The highest BCUT2D eigenvalue weighted by atomic mass is 16.6. The number of carbonyl (C=O) groups is 1. The summed E-state index contributed by atoms with van der Waals surface area (Å²) in [5.74, 6) is -0.183. The normalized spacial score (nSPS) is 20.3. The highest BCUT2D eigenvalue weighted by Gasteiger charge is 2.39. The fourth-order valence-corrected chi connectivity index (χ4v) is 3.30. The van der Waals surface area contributed by atoms with Gasteiger partial charge in [-0.15, -0.1) is 0 Å². The molecule has 2 heterocycles. The number of aromatic nitrogens is 2. The second kappa shape index (κ2) is 6.40. The van der Waals surface area contributed by atoms with Gasteiger partial charge in [0.2, 0.25) is 5.69 Å². The summed E-state index contributed by atoms with van der Waals surface area (Å²) in [5, 5.41) is 17.6. The standard InChI is InChI=1S/C16H19N5O3/c1-10-15(21(23)24)14(19-18-10)16(22)20-8-12(7-17)13(9-20)11-5-3-2-4-6-11/h2-6,12-13H,7-9,17H2,1H3,(H,18,19)/t12-,13+/m1/s1. The van der Waals surface area contributed by atoms with Crippen molar-refractivity contribution in [3.63, 3.8) is 0 Å². The van der Waals surface area contributed by atoms with Gasteiger partial charge in [0.25, 0.3) is 5.91 Å². The van der Waals surface area contributed by atoms with Gasteiger partial charge < -0.3 is 10.6 Å². The Balaban J connectivity index is 1.86. The van der Waals surface area contributed by atoms with E-state index in [-0.39, 0.29) is 28.9 Å². The summed E-state index contributed by atoms with van der Waals surface area (Å²) in [7, 11) is 0. The molecular formula is C16H19N5O3. The zero-order valence-electron chi connectivity index (χ0n) is 13.3. The first-order valence-corrected chi connectivity index (χ1v) is 7.76. The lowest BCUT2D eigenvalue weighted by Gasteiger charge is -2.16. The smallest absolute Gasteiger partial charge is 0.322 e. The Morgan fingerprint density at radius 3 is 2.75 bits per heavy atom. The third kappa shape index (κ3) is 2.76. The van der Waals surface area contributed by atoms with Gasteiger partial charge in [0.05, 0.1) is 4.92 Å². The Labute approximate surface area is 138 Å². The van der Waals surface area contributed by atoms with Crippen LogP contribution in [0.4, 0.5) is 5.69 Å². The van der Waals surface area contributed by atoms with Gasteiger partial charge in [-0.1, -0.05) is 30.3 Å². The first-order chi connectivity index (χ1) is 11.5. The molecule has 1 aliphatic heterocycles. The van der Waals surface area contributed by atoms with E-state index in [4.69, 9.17) is 5.73 Å². The highest BCUT2D eigenvalue weighted by molar-refractivity contribution is 5.96. The largest absolute Gasteiger partial charge is 0.336 e. The van der Waals surface area contributed by atoms with Crippen LogP contribution in [0.3, 0.4) is 0 Å². The number of nitrogens with one attached hydrogen (secondary N) is 1. The number of hydrogen-bond acceptors (Lipinski definition) is 5. The van der Waals surface area contributed by atoms with Gasteiger partial charge in [-0.2, -0.15) is 5.10 Å². The van der Waals surface area contributed by atoms with Crippen molar-refractivity contribution in [2.75, 3.05) is 19.6 Å². The molecule has 3 N–H and O–H groups in total. The Hall–Kier alpha value is -2.74. The van der Waals surface area contributed by atoms with Crippen LogP contribution in [0.2, 0.25) is 0 Å². The molecule has 2 atom stereocenters.